The maximum atomic E-state index is 12.7. The second-order valence-electron chi connectivity index (χ2n) is 5.89. The van der Waals surface area contributed by atoms with Crippen LogP contribution >= 0.6 is 0 Å². The number of aromatic hydroxyl groups is 2. The highest BCUT2D eigenvalue weighted by molar-refractivity contribution is 5.72. The van der Waals surface area contributed by atoms with E-state index in [2.05, 4.69) is 15.2 Å². The smallest absolute Gasteiger partial charge is 0.265 e. The van der Waals surface area contributed by atoms with Crippen molar-refractivity contribution in [1.29, 1.82) is 0 Å². The fraction of sp³-hybridized carbons (Fsp3) is 0.267. The molecule has 0 aliphatic carbocycles. The van der Waals surface area contributed by atoms with Crippen LogP contribution in [0.3, 0.4) is 0 Å². The monoisotopic (exact) mass is 312 g/mol. The predicted octanol–water partition coefficient (Wildman–Crippen LogP) is 0.632. The average Bonchev–Trinajstić information content (AvgIpc) is 3.14. The Morgan fingerprint density at radius 1 is 1.30 bits per heavy atom. The summed E-state index contributed by atoms with van der Waals surface area (Å²) in [6, 6.07) is 2.95. The largest absolute Gasteiger partial charge is 0.504 e. The number of ether oxygens (including phenoxy) is 1. The van der Waals surface area contributed by atoms with Crippen LogP contribution in [0.15, 0.2) is 23.1 Å². The number of fused-ring (bicyclic) bond motifs is 5. The van der Waals surface area contributed by atoms with Gasteiger partial charge in [0.25, 0.3) is 5.56 Å². The molecule has 116 valence electrons. The van der Waals surface area contributed by atoms with Crippen LogP contribution < -0.4 is 10.3 Å². The second-order valence-corrected chi connectivity index (χ2v) is 5.89. The molecule has 2 aliphatic rings. The van der Waals surface area contributed by atoms with Crippen LogP contribution in [-0.2, 0) is 12.8 Å². The van der Waals surface area contributed by atoms with Crippen LogP contribution in [0.4, 0.5) is 0 Å². The lowest BCUT2D eigenvalue weighted by molar-refractivity contribution is 0.134. The predicted molar refractivity (Wildman–Crippen MR) is 78.8 cm³/mol. The van der Waals surface area contributed by atoms with E-state index in [0.717, 1.165) is 5.56 Å². The summed E-state index contributed by atoms with van der Waals surface area (Å²) in [5.74, 6) is 0.457. The minimum atomic E-state index is -0.296. The van der Waals surface area contributed by atoms with E-state index in [9.17, 15) is 15.0 Å². The first-order valence-electron chi connectivity index (χ1n) is 7.28. The third-order valence-corrected chi connectivity index (χ3v) is 4.62. The number of hydrogen-bond donors (Lipinski definition) is 3. The summed E-state index contributed by atoms with van der Waals surface area (Å²) < 4.78 is 7.53. The molecule has 0 amide bonds. The van der Waals surface area contributed by atoms with Gasteiger partial charge in [-0.15, -0.1) is 0 Å². The van der Waals surface area contributed by atoms with Crippen molar-refractivity contribution in [3.05, 3.63) is 40.1 Å². The van der Waals surface area contributed by atoms with E-state index in [0.29, 0.717) is 35.4 Å². The van der Waals surface area contributed by atoms with E-state index >= 15 is 0 Å². The number of phenols is 2. The lowest BCUT2D eigenvalue weighted by atomic mass is 9.97. The van der Waals surface area contributed by atoms with E-state index in [-0.39, 0.29) is 29.2 Å². The minimum absolute atomic E-state index is 0.138. The average molecular weight is 312 g/mol. The Labute approximate surface area is 129 Å². The van der Waals surface area contributed by atoms with Crippen LogP contribution in [0.1, 0.15) is 17.4 Å². The number of hydrogen-bond acceptors (Lipinski definition) is 6. The molecule has 2 unspecified atom stereocenters. The summed E-state index contributed by atoms with van der Waals surface area (Å²) in [5.41, 5.74) is 1.09. The highest BCUT2D eigenvalue weighted by Gasteiger charge is 2.41. The molecule has 2 aliphatic heterocycles. The van der Waals surface area contributed by atoms with Gasteiger partial charge < -0.3 is 14.9 Å². The van der Waals surface area contributed by atoms with Crippen molar-refractivity contribution in [1.82, 2.24) is 19.7 Å². The molecule has 0 bridgehead atoms. The molecule has 23 heavy (non-hydrogen) atoms. The summed E-state index contributed by atoms with van der Waals surface area (Å²) >= 11 is 0. The molecule has 0 saturated heterocycles. The molecule has 2 aromatic heterocycles. The first-order chi connectivity index (χ1) is 11.1. The van der Waals surface area contributed by atoms with E-state index in [4.69, 9.17) is 4.74 Å². The number of aromatic amines is 1. The van der Waals surface area contributed by atoms with Crippen molar-refractivity contribution in [3.63, 3.8) is 0 Å². The van der Waals surface area contributed by atoms with Gasteiger partial charge in [0.1, 0.15) is 17.3 Å². The molecule has 0 saturated carbocycles. The van der Waals surface area contributed by atoms with Gasteiger partial charge >= 0.3 is 0 Å². The molecule has 4 heterocycles. The van der Waals surface area contributed by atoms with Crippen LogP contribution in [0.25, 0.3) is 11.0 Å². The van der Waals surface area contributed by atoms with Crippen molar-refractivity contribution >= 4 is 11.0 Å². The zero-order chi connectivity index (χ0) is 15.7. The SMILES string of the molecule is O=c1c2cn[nH]c2nc2n1C1Cc3ccc(O)c(O)c3OC1C2. The number of phenolic OH excluding ortho intramolecular Hbond substituents is 2. The van der Waals surface area contributed by atoms with Crippen molar-refractivity contribution in [2.45, 2.75) is 25.0 Å². The number of nitrogens with one attached hydrogen (secondary N) is 1. The Morgan fingerprint density at radius 3 is 3.04 bits per heavy atom. The molecule has 1 aromatic carbocycles. The van der Waals surface area contributed by atoms with Gasteiger partial charge in [0.05, 0.1) is 12.2 Å². The Morgan fingerprint density at radius 2 is 2.17 bits per heavy atom. The zero-order valence-electron chi connectivity index (χ0n) is 11.9. The molecule has 8 nitrogen and oxygen atoms in total. The summed E-state index contributed by atoms with van der Waals surface area (Å²) in [7, 11) is 0. The van der Waals surface area contributed by atoms with Gasteiger partial charge in [-0.3, -0.25) is 14.5 Å². The van der Waals surface area contributed by atoms with E-state index in [1.54, 1.807) is 10.6 Å². The third-order valence-electron chi connectivity index (χ3n) is 4.62. The number of benzene rings is 1. The van der Waals surface area contributed by atoms with Crippen LogP contribution in [0.5, 0.6) is 17.2 Å². The highest BCUT2D eigenvalue weighted by atomic mass is 16.5. The van der Waals surface area contributed by atoms with E-state index < -0.39 is 0 Å². The van der Waals surface area contributed by atoms with E-state index in [1.165, 1.54) is 12.3 Å². The van der Waals surface area contributed by atoms with Crippen molar-refractivity contribution in [2.24, 2.45) is 0 Å². The zero-order valence-corrected chi connectivity index (χ0v) is 11.9. The molecule has 8 heteroatoms. The van der Waals surface area contributed by atoms with Gasteiger partial charge in [-0.05, 0) is 6.07 Å². The number of H-pyrrole nitrogens is 1. The van der Waals surface area contributed by atoms with Gasteiger partial charge in [0, 0.05) is 18.4 Å². The van der Waals surface area contributed by atoms with Crippen molar-refractivity contribution in [2.75, 3.05) is 0 Å². The quantitative estimate of drug-likeness (QED) is 0.525. The third kappa shape index (κ3) is 1.52. The summed E-state index contributed by atoms with van der Waals surface area (Å²) in [5, 5.41) is 26.6. The summed E-state index contributed by atoms with van der Waals surface area (Å²) in [4.78, 5) is 17.1. The fourth-order valence-corrected chi connectivity index (χ4v) is 3.53. The molecule has 0 radical (unpaired) electrons. The fourth-order valence-electron chi connectivity index (χ4n) is 3.53. The second kappa shape index (κ2) is 4.03. The lowest BCUT2D eigenvalue weighted by Crippen LogP contribution is -2.34. The number of rotatable bonds is 0. The molecule has 0 fully saturated rings. The van der Waals surface area contributed by atoms with Crippen LogP contribution in [-0.4, -0.2) is 36.1 Å². The molecule has 2 atom stereocenters. The van der Waals surface area contributed by atoms with Crippen molar-refractivity contribution in [3.8, 4) is 17.2 Å². The first kappa shape index (κ1) is 12.5. The van der Waals surface area contributed by atoms with Crippen molar-refractivity contribution < 1.29 is 14.9 Å². The summed E-state index contributed by atoms with van der Waals surface area (Å²) in [6.07, 6.45) is 2.18. The van der Waals surface area contributed by atoms with Gasteiger partial charge in [-0.2, -0.15) is 5.10 Å². The molecular formula is C15H12N4O4. The van der Waals surface area contributed by atoms with Gasteiger partial charge in [0.15, 0.2) is 17.1 Å². The molecule has 3 N–H and O–H groups in total. The Hall–Kier alpha value is -3.03. The van der Waals surface area contributed by atoms with Crippen LogP contribution in [0, 0.1) is 0 Å². The Bertz CT molecular complexity index is 1020. The van der Waals surface area contributed by atoms with E-state index in [1.807, 2.05) is 0 Å². The molecule has 0 spiro atoms. The highest BCUT2D eigenvalue weighted by Crippen LogP contribution is 2.46. The Balaban J connectivity index is 1.68. The molecule has 3 aromatic rings. The number of aromatic nitrogens is 4. The minimum Gasteiger partial charge on any atom is -0.504 e. The molecule has 5 rings (SSSR count). The van der Waals surface area contributed by atoms with Gasteiger partial charge in [0.2, 0.25) is 5.75 Å². The first-order valence-corrected chi connectivity index (χ1v) is 7.28. The maximum absolute atomic E-state index is 12.7. The standard InChI is InChI=1S/C15H12N4O4/c20-9-2-1-6-3-8-10(23-13(6)12(9)21)4-11-17-14-7(5-16-18-14)15(22)19(8)11/h1-2,5,8,10,20-21H,3-4H2,(H,16,18). The lowest BCUT2D eigenvalue weighted by Gasteiger charge is -2.29. The van der Waals surface area contributed by atoms with Crippen LogP contribution in [0.2, 0.25) is 0 Å². The maximum Gasteiger partial charge on any atom is 0.265 e. The number of nitrogens with zero attached hydrogens (tertiary/aromatic N) is 3. The topological polar surface area (TPSA) is 113 Å². The van der Waals surface area contributed by atoms with Gasteiger partial charge in [-0.1, -0.05) is 6.07 Å². The molecular weight excluding hydrogens is 300 g/mol. The normalized spacial score (nSPS) is 21.6. The summed E-state index contributed by atoms with van der Waals surface area (Å²) in [6.45, 7) is 0. The Kier molecular flexibility index (Phi) is 2.19. The van der Waals surface area contributed by atoms with Gasteiger partial charge in [-0.25, -0.2) is 4.98 Å².